The first-order valence-electron chi connectivity index (χ1n) is 6.71. The highest BCUT2D eigenvalue weighted by Crippen LogP contribution is 2.38. The fourth-order valence-corrected chi connectivity index (χ4v) is 3.45. The minimum absolute atomic E-state index is 0.526. The predicted octanol–water partition coefficient (Wildman–Crippen LogP) is 6.22. The molecule has 0 aromatic heterocycles. The van der Waals surface area contributed by atoms with E-state index in [9.17, 15) is 0 Å². The molecule has 5 heteroatoms. The highest BCUT2D eigenvalue weighted by molar-refractivity contribution is 6.41. The van der Waals surface area contributed by atoms with E-state index >= 15 is 0 Å². The number of hydrogen-bond donors (Lipinski definition) is 1. The van der Waals surface area contributed by atoms with Crippen LogP contribution in [0, 0.1) is 0 Å². The van der Waals surface area contributed by atoms with E-state index in [0.717, 1.165) is 28.3 Å². The van der Waals surface area contributed by atoms with Crippen LogP contribution in [0.5, 0.6) is 0 Å². The fourth-order valence-electron chi connectivity index (χ4n) is 2.23. The van der Waals surface area contributed by atoms with Gasteiger partial charge in [-0.05, 0) is 48.2 Å². The molecule has 1 N–H and O–H groups in total. The molecule has 0 heterocycles. The molecule has 1 aliphatic rings. The maximum atomic E-state index is 6.28. The lowest BCUT2D eigenvalue weighted by molar-refractivity contribution is 0.688. The van der Waals surface area contributed by atoms with Gasteiger partial charge in [-0.3, -0.25) is 0 Å². The van der Waals surface area contributed by atoms with Crippen molar-refractivity contribution >= 4 is 46.4 Å². The fraction of sp³-hybridized carbons (Fsp3) is 0.250. The standard InChI is InChI=1S/C16H13Cl4N/c17-11-6-14(19)16(15(20)7-11)9-1-4-13(18)10(5-9)8-21-12-2-3-12/h1,4-7,12,21H,2-3,8H2. The summed E-state index contributed by atoms with van der Waals surface area (Å²) < 4.78 is 0. The number of benzene rings is 2. The van der Waals surface area contributed by atoms with Gasteiger partial charge in [-0.2, -0.15) is 0 Å². The predicted molar refractivity (Wildman–Crippen MR) is 91.8 cm³/mol. The average molecular weight is 361 g/mol. The van der Waals surface area contributed by atoms with Gasteiger partial charge >= 0.3 is 0 Å². The number of halogens is 4. The Kier molecular flexibility index (Phi) is 4.68. The van der Waals surface area contributed by atoms with E-state index in [1.807, 2.05) is 18.2 Å². The van der Waals surface area contributed by atoms with Gasteiger partial charge in [-0.25, -0.2) is 0 Å². The Balaban J connectivity index is 1.96. The third-order valence-electron chi connectivity index (χ3n) is 3.50. The SMILES string of the molecule is Clc1cc(Cl)c(-c2ccc(Cl)c(CNC3CC3)c2)c(Cl)c1. The van der Waals surface area contributed by atoms with Crippen LogP contribution in [-0.4, -0.2) is 6.04 Å². The Morgan fingerprint density at radius 3 is 2.19 bits per heavy atom. The maximum absolute atomic E-state index is 6.28. The molecule has 2 aromatic rings. The van der Waals surface area contributed by atoms with E-state index in [2.05, 4.69) is 5.32 Å². The lowest BCUT2D eigenvalue weighted by Crippen LogP contribution is -2.15. The van der Waals surface area contributed by atoms with Gasteiger partial charge in [0, 0.05) is 28.2 Å². The molecular formula is C16H13Cl4N. The average Bonchev–Trinajstić information content (AvgIpc) is 3.22. The van der Waals surface area contributed by atoms with Crippen LogP contribution < -0.4 is 5.32 Å². The zero-order valence-corrected chi connectivity index (χ0v) is 14.1. The van der Waals surface area contributed by atoms with Gasteiger partial charge in [-0.15, -0.1) is 0 Å². The third kappa shape index (κ3) is 3.67. The van der Waals surface area contributed by atoms with Crippen LogP contribution in [0.1, 0.15) is 18.4 Å². The molecule has 0 saturated heterocycles. The molecule has 2 aromatic carbocycles. The van der Waals surface area contributed by atoms with E-state index in [4.69, 9.17) is 46.4 Å². The second-order valence-electron chi connectivity index (χ2n) is 5.21. The molecule has 3 rings (SSSR count). The molecule has 110 valence electrons. The molecular weight excluding hydrogens is 348 g/mol. The quantitative estimate of drug-likeness (QED) is 0.682. The third-order valence-corrected chi connectivity index (χ3v) is 4.68. The van der Waals surface area contributed by atoms with Crippen LogP contribution in [0.15, 0.2) is 30.3 Å². The first-order valence-corrected chi connectivity index (χ1v) is 8.22. The van der Waals surface area contributed by atoms with E-state index in [1.165, 1.54) is 12.8 Å². The molecule has 0 spiro atoms. The van der Waals surface area contributed by atoms with Crippen molar-refractivity contribution < 1.29 is 0 Å². The van der Waals surface area contributed by atoms with Gasteiger partial charge < -0.3 is 5.32 Å². The van der Waals surface area contributed by atoms with Crippen molar-refractivity contribution in [2.45, 2.75) is 25.4 Å². The molecule has 1 nitrogen and oxygen atoms in total. The lowest BCUT2D eigenvalue weighted by Gasteiger charge is -2.12. The summed E-state index contributed by atoms with van der Waals surface area (Å²) in [5, 5.41) is 5.80. The number of nitrogens with one attached hydrogen (secondary N) is 1. The zero-order chi connectivity index (χ0) is 15.0. The minimum atomic E-state index is 0.526. The first-order chi connectivity index (χ1) is 10.0. The van der Waals surface area contributed by atoms with Crippen molar-refractivity contribution in [2.24, 2.45) is 0 Å². The molecule has 0 amide bonds. The van der Waals surface area contributed by atoms with Gasteiger partial charge in [-0.1, -0.05) is 52.5 Å². The van der Waals surface area contributed by atoms with E-state index in [0.29, 0.717) is 21.1 Å². The second kappa shape index (κ2) is 6.36. The van der Waals surface area contributed by atoms with Crippen LogP contribution >= 0.6 is 46.4 Å². The topological polar surface area (TPSA) is 12.0 Å². The van der Waals surface area contributed by atoms with Crippen molar-refractivity contribution in [2.75, 3.05) is 0 Å². The van der Waals surface area contributed by atoms with Crippen molar-refractivity contribution in [1.29, 1.82) is 0 Å². The Bertz CT molecular complexity index is 657. The highest BCUT2D eigenvalue weighted by Gasteiger charge is 2.20. The number of hydrogen-bond acceptors (Lipinski definition) is 1. The van der Waals surface area contributed by atoms with E-state index in [1.54, 1.807) is 12.1 Å². The van der Waals surface area contributed by atoms with Crippen LogP contribution in [0.3, 0.4) is 0 Å². The Labute approximate surface area is 144 Å². The molecule has 0 bridgehead atoms. The summed E-state index contributed by atoms with van der Waals surface area (Å²) in [4.78, 5) is 0. The van der Waals surface area contributed by atoms with Gasteiger partial charge in [0.1, 0.15) is 0 Å². The maximum Gasteiger partial charge on any atom is 0.0514 e. The van der Waals surface area contributed by atoms with Crippen LogP contribution in [0.4, 0.5) is 0 Å². The van der Waals surface area contributed by atoms with Crippen LogP contribution in [-0.2, 0) is 6.54 Å². The molecule has 21 heavy (non-hydrogen) atoms. The molecule has 0 unspecified atom stereocenters. The molecule has 0 aliphatic heterocycles. The Morgan fingerprint density at radius 2 is 1.57 bits per heavy atom. The van der Waals surface area contributed by atoms with E-state index < -0.39 is 0 Å². The summed E-state index contributed by atoms with van der Waals surface area (Å²) in [5.41, 5.74) is 2.77. The molecule has 0 radical (unpaired) electrons. The Morgan fingerprint density at radius 1 is 0.905 bits per heavy atom. The van der Waals surface area contributed by atoms with E-state index in [-0.39, 0.29) is 0 Å². The minimum Gasteiger partial charge on any atom is -0.310 e. The summed E-state index contributed by atoms with van der Waals surface area (Å²) in [6, 6.07) is 9.85. The molecule has 0 atom stereocenters. The van der Waals surface area contributed by atoms with Crippen molar-refractivity contribution in [3.8, 4) is 11.1 Å². The van der Waals surface area contributed by atoms with Crippen molar-refractivity contribution in [1.82, 2.24) is 5.32 Å². The summed E-state index contributed by atoms with van der Waals surface area (Å²) >= 11 is 24.8. The lowest BCUT2D eigenvalue weighted by atomic mass is 10.0. The Hall–Kier alpha value is -0.440. The molecule has 1 aliphatic carbocycles. The largest absolute Gasteiger partial charge is 0.310 e. The summed E-state index contributed by atoms with van der Waals surface area (Å²) in [6.07, 6.45) is 2.48. The smallest absolute Gasteiger partial charge is 0.0514 e. The first kappa shape index (κ1) is 15.5. The monoisotopic (exact) mass is 359 g/mol. The van der Waals surface area contributed by atoms with Crippen molar-refractivity contribution in [3.05, 3.63) is 56.0 Å². The second-order valence-corrected chi connectivity index (χ2v) is 6.86. The molecule has 1 saturated carbocycles. The highest BCUT2D eigenvalue weighted by atomic mass is 35.5. The number of rotatable bonds is 4. The molecule has 1 fully saturated rings. The van der Waals surface area contributed by atoms with Gasteiger partial charge in [0.05, 0.1) is 10.0 Å². The van der Waals surface area contributed by atoms with Gasteiger partial charge in [0.25, 0.3) is 0 Å². The van der Waals surface area contributed by atoms with Crippen LogP contribution in [0.25, 0.3) is 11.1 Å². The zero-order valence-electron chi connectivity index (χ0n) is 11.1. The summed E-state index contributed by atoms with van der Waals surface area (Å²) in [7, 11) is 0. The summed E-state index contributed by atoms with van der Waals surface area (Å²) in [6.45, 7) is 0.750. The normalized spacial score (nSPS) is 14.5. The van der Waals surface area contributed by atoms with Gasteiger partial charge in [0.15, 0.2) is 0 Å². The van der Waals surface area contributed by atoms with Crippen LogP contribution in [0.2, 0.25) is 20.1 Å². The summed E-state index contributed by atoms with van der Waals surface area (Å²) in [5.74, 6) is 0. The van der Waals surface area contributed by atoms with Crippen molar-refractivity contribution in [3.63, 3.8) is 0 Å². The van der Waals surface area contributed by atoms with Gasteiger partial charge in [0.2, 0.25) is 0 Å².